The second kappa shape index (κ2) is 8.74. The van der Waals surface area contributed by atoms with Crippen molar-refractivity contribution in [3.8, 4) is 17.2 Å². The molecule has 0 aliphatic carbocycles. The number of rotatable bonds is 9. The average Bonchev–Trinajstić information content (AvgIpc) is 2.46. The first-order chi connectivity index (χ1) is 10.0. The van der Waals surface area contributed by atoms with Gasteiger partial charge in [-0.15, -0.1) is 0 Å². The van der Waals surface area contributed by atoms with Crippen LogP contribution in [0.15, 0.2) is 12.1 Å². The van der Waals surface area contributed by atoms with E-state index in [-0.39, 0.29) is 0 Å². The predicted octanol–water partition coefficient (Wildman–Crippen LogP) is 2.14. The number of hydrogen-bond acceptors (Lipinski definition) is 5. The lowest BCUT2D eigenvalue weighted by atomic mass is 10.1. The summed E-state index contributed by atoms with van der Waals surface area (Å²) in [7, 11) is 7.00. The molecule has 0 unspecified atom stereocenters. The topological polar surface area (TPSA) is 43.0 Å². The van der Waals surface area contributed by atoms with Crippen molar-refractivity contribution in [2.24, 2.45) is 0 Å². The van der Waals surface area contributed by atoms with Gasteiger partial charge in [-0.1, -0.05) is 19.9 Å². The molecule has 0 amide bonds. The Morgan fingerprint density at radius 1 is 1.05 bits per heavy atom. The molecule has 0 aromatic heterocycles. The average molecular weight is 296 g/mol. The van der Waals surface area contributed by atoms with Gasteiger partial charge >= 0.3 is 0 Å². The minimum atomic E-state index is 0.508. The molecule has 0 radical (unpaired) electrons. The summed E-state index contributed by atoms with van der Waals surface area (Å²) in [5.74, 6) is 2.06. The van der Waals surface area contributed by atoms with Crippen LogP contribution in [0.25, 0.3) is 0 Å². The van der Waals surface area contributed by atoms with E-state index in [1.54, 1.807) is 21.3 Å². The summed E-state index contributed by atoms with van der Waals surface area (Å²) < 4.78 is 16.2. The molecular weight excluding hydrogens is 268 g/mol. The lowest BCUT2D eigenvalue weighted by molar-refractivity contribution is 0.298. The smallest absolute Gasteiger partial charge is 0.203 e. The van der Waals surface area contributed by atoms with Crippen LogP contribution in [0.5, 0.6) is 17.2 Å². The first kappa shape index (κ1) is 17.6. The van der Waals surface area contributed by atoms with Crippen LogP contribution in [0, 0.1) is 0 Å². The van der Waals surface area contributed by atoms with Gasteiger partial charge in [0.1, 0.15) is 0 Å². The zero-order chi connectivity index (χ0) is 15.8. The van der Waals surface area contributed by atoms with Crippen molar-refractivity contribution in [3.63, 3.8) is 0 Å². The van der Waals surface area contributed by atoms with E-state index in [0.717, 1.165) is 30.9 Å². The fraction of sp³-hybridized carbons (Fsp3) is 0.625. The Balaban J connectivity index is 2.78. The molecule has 0 heterocycles. The highest BCUT2D eigenvalue weighted by molar-refractivity contribution is 5.55. The Kier molecular flexibility index (Phi) is 7.32. The second-order valence-corrected chi connectivity index (χ2v) is 5.34. The Morgan fingerprint density at radius 3 is 2.24 bits per heavy atom. The molecule has 1 N–H and O–H groups in total. The zero-order valence-corrected chi connectivity index (χ0v) is 14.0. The van der Waals surface area contributed by atoms with Crippen molar-refractivity contribution in [2.45, 2.75) is 26.4 Å². The molecule has 120 valence electrons. The summed E-state index contributed by atoms with van der Waals surface area (Å²) in [5.41, 5.74) is 1.09. The van der Waals surface area contributed by atoms with Gasteiger partial charge in [-0.05, 0) is 13.1 Å². The summed E-state index contributed by atoms with van der Waals surface area (Å²) in [4.78, 5) is 2.25. The highest BCUT2D eigenvalue weighted by Crippen LogP contribution is 2.39. The van der Waals surface area contributed by atoms with E-state index in [9.17, 15) is 0 Å². The Hall–Kier alpha value is -1.46. The highest BCUT2D eigenvalue weighted by Gasteiger charge is 2.16. The van der Waals surface area contributed by atoms with Crippen LogP contribution in [0.4, 0.5) is 0 Å². The van der Waals surface area contributed by atoms with E-state index in [0.29, 0.717) is 17.5 Å². The van der Waals surface area contributed by atoms with Crippen LogP contribution >= 0.6 is 0 Å². The second-order valence-electron chi connectivity index (χ2n) is 5.34. The molecule has 0 atom stereocenters. The van der Waals surface area contributed by atoms with Gasteiger partial charge in [0.25, 0.3) is 0 Å². The fourth-order valence-electron chi connectivity index (χ4n) is 2.20. The fourth-order valence-corrected chi connectivity index (χ4v) is 2.20. The number of nitrogens with one attached hydrogen (secondary N) is 1. The predicted molar refractivity (Wildman–Crippen MR) is 85.6 cm³/mol. The summed E-state index contributed by atoms with van der Waals surface area (Å²) in [6, 6.07) is 4.44. The van der Waals surface area contributed by atoms with Crippen LogP contribution in [0.3, 0.4) is 0 Å². The molecule has 5 nitrogen and oxygen atoms in total. The summed E-state index contributed by atoms with van der Waals surface area (Å²) in [6.07, 6.45) is 0. The van der Waals surface area contributed by atoms with Crippen molar-refractivity contribution < 1.29 is 14.2 Å². The molecule has 1 aromatic rings. The maximum absolute atomic E-state index is 5.51. The highest BCUT2D eigenvalue weighted by atomic mass is 16.5. The lowest BCUT2D eigenvalue weighted by Gasteiger charge is -2.21. The molecule has 0 aliphatic rings. The number of methoxy groups -OCH3 is 3. The Bertz CT molecular complexity index is 436. The quantitative estimate of drug-likeness (QED) is 0.756. The Labute approximate surface area is 128 Å². The molecule has 21 heavy (non-hydrogen) atoms. The third kappa shape index (κ3) is 5.10. The zero-order valence-electron chi connectivity index (χ0n) is 14.0. The van der Waals surface area contributed by atoms with Gasteiger partial charge in [0.15, 0.2) is 11.5 Å². The number of nitrogens with zero attached hydrogens (tertiary/aromatic N) is 1. The third-order valence-corrected chi connectivity index (χ3v) is 3.27. The van der Waals surface area contributed by atoms with E-state index in [4.69, 9.17) is 14.2 Å². The summed E-state index contributed by atoms with van der Waals surface area (Å²) >= 11 is 0. The molecule has 5 heteroatoms. The maximum atomic E-state index is 5.51. The van der Waals surface area contributed by atoms with Crippen LogP contribution in [-0.4, -0.2) is 52.4 Å². The van der Waals surface area contributed by atoms with Crippen molar-refractivity contribution in [1.29, 1.82) is 0 Å². The van der Waals surface area contributed by atoms with Crippen LogP contribution in [0.2, 0.25) is 0 Å². The SMILES string of the molecule is COc1ccc(CN(C)CCNC(C)C)c(OC)c1OC. The largest absolute Gasteiger partial charge is 0.493 e. The van der Waals surface area contributed by atoms with Crippen molar-refractivity contribution >= 4 is 0 Å². The minimum Gasteiger partial charge on any atom is -0.493 e. The van der Waals surface area contributed by atoms with E-state index in [1.165, 1.54) is 0 Å². The molecule has 1 aromatic carbocycles. The molecule has 0 aliphatic heterocycles. The van der Waals surface area contributed by atoms with Crippen LogP contribution in [0.1, 0.15) is 19.4 Å². The molecule has 0 bridgehead atoms. The van der Waals surface area contributed by atoms with Gasteiger partial charge in [-0.25, -0.2) is 0 Å². The molecule has 1 rings (SSSR count). The molecule has 0 spiro atoms. The van der Waals surface area contributed by atoms with Crippen LogP contribution < -0.4 is 19.5 Å². The molecule has 0 saturated heterocycles. The third-order valence-electron chi connectivity index (χ3n) is 3.27. The van der Waals surface area contributed by atoms with E-state index >= 15 is 0 Å². The molecule has 0 saturated carbocycles. The number of likely N-dealkylation sites (N-methyl/N-ethyl adjacent to an activating group) is 1. The van der Waals surface area contributed by atoms with Gasteiger partial charge in [0.05, 0.1) is 21.3 Å². The van der Waals surface area contributed by atoms with Gasteiger partial charge in [-0.2, -0.15) is 0 Å². The van der Waals surface area contributed by atoms with Gasteiger partial charge in [0, 0.05) is 31.2 Å². The standard InChI is InChI=1S/C16H28N2O3/c1-12(2)17-9-10-18(3)11-13-7-8-14(19-4)16(21-6)15(13)20-5/h7-8,12,17H,9-11H2,1-6H3. The van der Waals surface area contributed by atoms with E-state index in [1.807, 2.05) is 12.1 Å². The summed E-state index contributed by atoms with van der Waals surface area (Å²) in [6.45, 7) is 7.03. The lowest BCUT2D eigenvalue weighted by Crippen LogP contribution is -2.32. The minimum absolute atomic E-state index is 0.508. The summed E-state index contributed by atoms with van der Waals surface area (Å²) in [5, 5.41) is 3.41. The van der Waals surface area contributed by atoms with Crippen molar-refractivity contribution in [1.82, 2.24) is 10.2 Å². The number of benzene rings is 1. The molecule has 0 fully saturated rings. The normalized spacial score (nSPS) is 11.0. The van der Waals surface area contributed by atoms with Gasteiger partial charge in [0.2, 0.25) is 5.75 Å². The van der Waals surface area contributed by atoms with Gasteiger partial charge < -0.3 is 24.4 Å². The molecular formula is C16H28N2O3. The van der Waals surface area contributed by atoms with Crippen molar-refractivity contribution in [3.05, 3.63) is 17.7 Å². The van der Waals surface area contributed by atoms with E-state index < -0.39 is 0 Å². The van der Waals surface area contributed by atoms with Gasteiger partial charge in [-0.3, -0.25) is 0 Å². The Morgan fingerprint density at radius 2 is 1.71 bits per heavy atom. The number of ether oxygens (including phenoxy) is 3. The first-order valence-electron chi connectivity index (χ1n) is 7.23. The maximum Gasteiger partial charge on any atom is 0.203 e. The van der Waals surface area contributed by atoms with Crippen molar-refractivity contribution in [2.75, 3.05) is 41.5 Å². The number of hydrogen-bond donors (Lipinski definition) is 1. The first-order valence-corrected chi connectivity index (χ1v) is 7.23. The van der Waals surface area contributed by atoms with Crippen LogP contribution in [-0.2, 0) is 6.54 Å². The van der Waals surface area contributed by atoms with E-state index in [2.05, 4.69) is 31.1 Å². The monoisotopic (exact) mass is 296 g/mol.